The first-order valence-corrected chi connectivity index (χ1v) is 27.2. The molecule has 0 bridgehead atoms. The average Bonchev–Trinajstić information content (AvgIpc) is 3.85. The summed E-state index contributed by atoms with van der Waals surface area (Å²) in [6, 6.07) is 13.3. The number of methoxy groups -OCH3 is 1. The summed E-state index contributed by atoms with van der Waals surface area (Å²) in [5.41, 5.74) is 5.72. The third-order valence-corrected chi connectivity index (χ3v) is 16.6. The fraction of sp³-hybridized carbons (Fsp3) is 0.737. The van der Waals surface area contributed by atoms with E-state index < -0.39 is 89.9 Å². The molecule has 0 aliphatic carbocycles. The molecule has 0 aromatic heterocycles. The minimum absolute atomic E-state index is 0.0111. The van der Waals surface area contributed by atoms with E-state index in [0.29, 0.717) is 38.0 Å². The van der Waals surface area contributed by atoms with Gasteiger partial charge in [-0.3, -0.25) is 4.79 Å². The highest BCUT2D eigenvalue weighted by Gasteiger charge is 2.51. The number of ether oxygens (including phenoxy) is 8. The lowest BCUT2D eigenvalue weighted by Gasteiger charge is -2.50. The third kappa shape index (κ3) is 14.9. The van der Waals surface area contributed by atoms with E-state index >= 15 is 0 Å². The molecule has 7 N–H and O–H groups in total. The number of carbonyl (C=O) groups is 1. The molecule has 0 saturated carbocycles. The lowest BCUT2D eigenvalue weighted by molar-refractivity contribution is -0.511. The maximum atomic E-state index is 14.5. The van der Waals surface area contributed by atoms with Crippen molar-refractivity contribution in [3.8, 4) is 22.6 Å². The van der Waals surface area contributed by atoms with Crippen LogP contribution in [0.2, 0.25) is 0 Å². The van der Waals surface area contributed by atoms with E-state index in [0.717, 1.165) is 34.6 Å². The van der Waals surface area contributed by atoms with E-state index in [1.807, 2.05) is 58.0 Å². The number of nitrogens with zero attached hydrogens (tertiary/aromatic N) is 2. The Morgan fingerprint density at radius 1 is 0.960 bits per heavy atom. The maximum absolute atomic E-state index is 14.5. The van der Waals surface area contributed by atoms with Crippen LogP contribution in [0.1, 0.15) is 113 Å². The number of esters is 1. The number of likely N-dealkylation sites (N-methyl/N-ethyl adjacent to an activating group) is 1. The van der Waals surface area contributed by atoms with Gasteiger partial charge in [0.1, 0.15) is 6.10 Å². The number of fused-ring (bicyclic) bond motifs is 1. The summed E-state index contributed by atoms with van der Waals surface area (Å²) >= 11 is 0. The van der Waals surface area contributed by atoms with E-state index in [9.17, 15) is 30.3 Å². The van der Waals surface area contributed by atoms with E-state index in [-0.39, 0.29) is 56.8 Å². The minimum atomic E-state index is -2.06. The molecule has 4 heterocycles. The number of carbonyl (C=O) groups excluding carboxylic acids is 1. The molecule has 18 heteroatoms. The van der Waals surface area contributed by atoms with Crippen molar-refractivity contribution in [1.29, 1.82) is 0 Å². The van der Waals surface area contributed by atoms with Crippen molar-refractivity contribution in [2.75, 3.05) is 47.7 Å². The number of cyclic esters (lactones) is 1. The van der Waals surface area contributed by atoms with Crippen LogP contribution in [-0.4, -0.2) is 174 Å². The van der Waals surface area contributed by atoms with Gasteiger partial charge in [0.2, 0.25) is 6.79 Å². The van der Waals surface area contributed by atoms with Crippen molar-refractivity contribution in [2.45, 2.75) is 204 Å². The summed E-state index contributed by atoms with van der Waals surface area (Å²) in [6.45, 7) is 18.9. The van der Waals surface area contributed by atoms with Gasteiger partial charge >= 0.3 is 5.97 Å². The summed E-state index contributed by atoms with van der Waals surface area (Å²) in [5, 5.41) is 63.6. The van der Waals surface area contributed by atoms with Crippen LogP contribution in [0, 0.1) is 17.8 Å². The molecular weight excluding hydrogens is 965 g/mol. The van der Waals surface area contributed by atoms with Crippen LogP contribution in [-0.2, 0) is 39.6 Å². The number of nitrogens with two attached hydrogens (primary N) is 1. The first kappa shape index (κ1) is 60.6. The van der Waals surface area contributed by atoms with Gasteiger partial charge in [-0.25, -0.2) is 0 Å². The number of benzene rings is 2. The molecule has 2 aromatic rings. The lowest BCUT2D eigenvalue weighted by atomic mass is 9.77. The number of hydrogen-bond acceptors (Lipinski definition) is 18. The SMILES string of the molecule is CC[C@H]1OC(=O)[C@H](C)[C@@H](O[C@H]2C[C@@](C)(OC)[C@@H](O)[C@H](C)O2)[C@H](C)[C@@H](O[C@H]2C[C@@H](N(C)CC/C(N)=C/N[C@H](CO)Cc3ccc(-c4ccc5c(c4)OCO5)cc3)C[C@@H](C)O2)[C@](C)(O)C[C@@H](C)CN(C)[C@H](C)[C@@H](O)[C@]1(C)[O-]. The first-order valence-electron chi connectivity index (χ1n) is 27.2. The second-order valence-corrected chi connectivity index (χ2v) is 23.0. The number of rotatable bonds is 16. The van der Waals surface area contributed by atoms with Crippen molar-refractivity contribution in [2.24, 2.45) is 23.5 Å². The number of aliphatic hydroxyl groups is 4. The van der Waals surface area contributed by atoms with Gasteiger partial charge in [0.05, 0.1) is 66.4 Å². The molecule has 4 aliphatic rings. The Hall–Kier alpha value is -3.63. The molecule has 18 nitrogen and oxygen atoms in total. The fourth-order valence-electron chi connectivity index (χ4n) is 11.8. The van der Waals surface area contributed by atoms with Gasteiger partial charge in [-0.05, 0) is 122 Å². The lowest BCUT2D eigenvalue weighted by Crippen LogP contribution is -2.66. The monoisotopic (exact) mass is 1060 g/mol. The molecule has 18 atom stereocenters. The highest BCUT2D eigenvalue weighted by Crippen LogP contribution is 2.41. The highest BCUT2D eigenvalue weighted by molar-refractivity contribution is 5.73. The molecule has 0 spiro atoms. The molecule has 0 amide bonds. The predicted molar refractivity (Wildman–Crippen MR) is 282 cm³/mol. The largest absolute Gasteiger partial charge is 0.845 e. The van der Waals surface area contributed by atoms with Crippen LogP contribution in [0.5, 0.6) is 11.5 Å². The van der Waals surface area contributed by atoms with E-state index in [1.165, 1.54) is 14.0 Å². The van der Waals surface area contributed by atoms with E-state index in [4.69, 9.17) is 43.6 Å². The predicted octanol–water partition coefficient (Wildman–Crippen LogP) is 4.45. The molecule has 4 aliphatic heterocycles. The van der Waals surface area contributed by atoms with Gasteiger partial charge in [0.15, 0.2) is 24.1 Å². The molecule has 3 saturated heterocycles. The summed E-state index contributed by atoms with van der Waals surface area (Å²) in [7, 11) is 5.40. The molecule has 2 aromatic carbocycles. The Kier molecular flexibility index (Phi) is 20.9. The molecule has 424 valence electrons. The smallest absolute Gasteiger partial charge is 0.311 e. The number of aliphatic hydroxyl groups excluding tert-OH is 3. The zero-order valence-electron chi connectivity index (χ0n) is 46.9. The summed E-state index contributed by atoms with van der Waals surface area (Å²) in [5.74, 6) is -1.15. The van der Waals surface area contributed by atoms with Crippen LogP contribution in [0.15, 0.2) is 54.4 Å². The Balaban J connectivity index is 1.18. The normalized spacial score (nSPS) is 38.1. The van der Waals surface area contributed by atoms with Crippen LogP contribution in [0.4, 0.5) is 0 Å². The van der Waals surface area contributed by atoms with Crippen molar-refractivity contribution in [3.05, 3.63) is 59.9 Å². The molecule has 6 rings (SSSR count). The van der Waals surface area contributed by atoms with Crippen molar-refractivity contribution in [3.63, 3.8) is 0 Å². The van der Waals surface area contributed by atoms with Crippen LogP contribution < -0.4 is 25.6 Å². The Morgan fingerprint density at radius 2 is 1.64 bits per heavy atom. The summed E-state index contributed by atoms with van der Waals surface area (Å²) in [4.78, 5) is 18.6. The minimum Gasteiger partial charge on any atom is -0.845 e. The molecule has 0 unspecified atom stereocenters. The topological polar surface area (TPSA) is 239 Å². The van der Waals surface area contributed by atoms with Gasteiger partial charge in [-0.2, -0.15) is 0 Å². The van der Waals surface area contributed by atoms with Gasteiger partial charge in [0, 0.05) is 69.4 Å². The maximum Gasteiger partial charge on any atom is 0.311 e. The van der Waals surface area contributed by atoms with E-state index in [1.54, 1.807) is 47.7 Å². The van der Waals surface area contributed by atoms with Crippen molar-refractivity contribution in [1.82, 2.24) is 15.1 Å². The standard InChI is InChI=1S/C57H91N4O14/c1-14-47-57(10,67)51(63)37(6)61(12)30-33(2)27-55(8,66)53(35(4)50(36(5)54(65)73-47)74-49-28-56(9,68-13)52(64)38(7)72-49)75-48-26-44(23-34(3)71-48)60(11)22-21-42(58)29-59-43(31-62)24-39-15-17-40(18-16-39)41-19-20-45-46(25-41)70-32-69-45/h15-20,25,29,33-38,43-44,47-53,59,62-64,66H,14,21-24,26-28,30-32,58H2,1-13H3/q-1/b42-29-/t33-,34-,35+,36-,37-,38+,43+,44+,47-,48+,49+,50+,51-,52+,53-,55-,56-,57-/m1/s1. The number of nitrogens with one attached hydrogen (secondary N) is 1. The average molecular weight is 1060 g/mol. The quantitative estimate of drug-likeness (QED) is 0.127. The fourth-order valence-corrected chi connectivity index (χ4v) is 11.8. The summed E-state index contributed by atoms with van der Waals surface area (Å²) in [6.07, 6.45) is -3.54. The Morgan fingerprint density at radius 3 is 2.31 bits per heavy atom. The molecule has 3 fully saturated rings. The van der Waals surface area contributed by atoms with Crippen LogP contribution >= 0.6 is 0 Å². The Bertz CT molecular complexity index is 2160. The summed E-state index contributed by atoms with van der Waals surface area (Å²) < 4.78 is 49.6. The van der Waals surface area contributed by atoms with Gasteiger partial charge in [-0.15, -0.1) is 0 Å². The van der Waals surface area contributed by atoms with Crippen molar-refractivity contribution < 1.29 is 68.2 Å². The third-order valence-electron chi connectivity index (χ3n) is 16.6. The highest BCUT2D eigenvalue weighted by atomic mass is 16.7. The Labute approximate surface area is 446 Å². The van der Waals surface area contributed by atoms with Crippen molar-refractivity contribution >= 4 is 5.97 Å². The second kappa shape index (κ2) is 25.9. The zero-order chi connectivity index (χ0) is 55.2. The first-order chi connectivity index (χ1) is 35.3. The molecule has 0 radical (unpaired) electrons. The molecule has 75 heavy (non-hydrogen) atoms. The van der Waals surface area contributed by atoms with Crippen LogP contribution in [0.3, 0.4) is 0 Å². The van der Waals surface area contributed by atoms with E-state index in [2.05, 4.69) is 34.5 Å². The number of hydrogen-bond donors (Lipinski definition) is 6. The zero-order valence-corrected chi connectivity index (χ0v) is 46.9. The van der Waals surface area contributed by atoms with Crippen LogP contribution in [0.25, 0.3) is 11.1 Å². The van der Waals surface area contributed by atoms with Gasteiger partial charge in [0.25, 0.3) is 0 Å². The van der Waals surface area contributed by atoms with Gasteiger partial charge in [-0.1, -0.05) is 58.0 Å². The van der Waals surface area contributed by atoms with Gasteiger partial charge < -0.3 is 84.3 Å². The second-order valence-electron chi connectivity index (χ2n) is 23.0. The molecular formula is C57H91N4O14-.